The van der Waals surface area contributed by atoms with Crippen molar-refractivity contribution >= 4 is 34.0 Å². The standard InChI is InChI=1S/C25H28N4O3S/c1-2-32-24(31)19-10-14-21(15-11-19)26-20-12-8-18(9-13-20)23(30)27-25-29-28-22(33-25)16-17-6-4-3-5-7-17/h3-9,12-13,19,21,26H,2,10-11,14-16H2,1H3,(H,27,29,30). The fourth-order valence-electron chi connectivity index (χ4n) is 4.00. The van der Waals surface area contributed by atoms with Crippen LogP contribution in [0, 0.1) is 5.92 Å². The van der Waals surface area contributed by atoms with Crippen molar-refractivity contribution in [2.24, 2.45) is 5.92 Å². The second-order valence-corrected chi connectivity index (χ2v) is 9.20. The number of rotatable bonds is 8. The lowest BCUT2D eigenvalue weighted by molar-refractivity contribution is -0.149. The van der Waals surface area contributed by atoms with E-state index in [0.717, 1.165) is 41.9 Å². The van der Waals surface area contributed by atoms with Crippen LogP contribution in [0.15, 0.2) is 54.6 Å². The zero-order chi connectivity index (χ0) is 23.0. The van der Waals surface area contributed by atoms with Gasteiger partial charge in [0, 0.05) is 23.7 Å². The molecule has 1 aliphatic carbocycles. The third-order valence-electron chi connectivity index (χ3n) is 5.75. The molecule has 0 unspecified atom stereocenters. The van der Waals surface area contributed by atoms with E-state index >= 15 is 0 Å². The molecule has 0 saturated heterocycles. The Hall–Kier alpha value is -3.26. The second kappa shape index (κ2) is 11.0. The highest BCUT2D eigenvalue weighted by atomic mass is 32.1. The largest absolute Gasteiger partial charge is 0.466 e. The van der Waals surface area contributed by atoms with Gasteiger partial charge in [0.1, 0.15) is 5.01 Å². The highest BCUT2D eigenvalue weighted by Crippen LogP contribution is 2.28. The Labute approximate surface area is 197 Å². The summed E-state index contributed by atoms with van der Waals surface area (Å²) in [6.07, 6.45) is 4.22. The molecule has 0 atom stereocenters. The highest BCUT2D eigenvalue weighted by molar-refractivity contribution is 7.15. The topological polar surface area (TPSA) is 93.2 Å². The van der Waals surface area contributed by atoms with Crippen molar-refractivity contribution in [2.45, 2.75) is 45.1 Å². The van der Waals surface area contributed by atoms with Crippen LogP contribution in [-0.2, 0) is 16.0 Å². The maximum Gasteiger partial charge on any atom is 0.308 e. The molecule has 33 heavy (non-hydrogen) atoms. The molecule has 1 fully saturated rings. The molecule has 4 rings (SSSR count). The molecule has 0 bridgehead atoms. The van der Waals surface area contributed by atoms with Crippen LogP contribution in [0.2, 0.25) is 0 Å². The van der Waals surface area contributed by atoms with Crippen LogP contribution in [0.4, 0.5) is 10.8 Å². The molecule has 0 radical (unpaired) electrons. The maximum absolute atomic E-state index is 12.6. The zero-order valence-electron chi connectivity index (χ0n) is 18.6. The SMILES string of the molecule is CCOC(=O)C1CCC(Nc2ccc(C(=O)Nc3nnc(Cc4ccccc4)s3)cc2)CC1. The average molecular weight is 465 g/mol. The van der Waals surface area contributed by atoms with Crippen LogP contribution in [0.5, 0.6) is 0 Å². The number of nitrogens with zero attached hydrogens (tertiary/aromatic N) is 2. The maximum atomic E-state index is 12.6. The smallest absolute Gasteiger partial charge is 0.308 e. The van der Waals surface area contributed by atoms with Crippen molar-refractivity contribution in [1.82, 2.24) is 10.2 Å². The summed E-state index contributed by atoms with van der Waals surface area (Å²) < 4.78 is 5.14. The number of aromatic nitrogens is 2. The summed E-state index contributed by atoms with van der Waals surface area (Å²) in [5.41, 5.74) is 2.68. The Morgan fingerprint density at radius 2 is 1.73 bits per heavy atom. The minimum Gasteiger partial charge on any atom is -0.466 e. The fourth-order valence-corrected chi connectivity index (χ4v) is 4.77. The molecule has 2 aromatic carbocycles. The number of amides is 1. The molecule has 0 spiro atoms. The van der Waals surface area contributed by atoms with Gasteiger partial charge in [-0.05, 0) is 62.4 Å². The Morgan fingerprint density at radius 1 is 1.00 bits per heavy atom. The minimum atomic E-state index is -0.209. The van der Waals surface area contributed by atoms with Gasteiger partial charge in [0.05, 0.1) is 12.5 Å². The van der Waals surface area contributed by atoms with Crippen molar-refractivity contribution in [3.8, 4) is 0 Å². The summed E-state index contributed by atoms with van der Waals surface area (Å²) in [6.45, 7) is 2.27. The number of benzene rings is 2. The van der Waals surface area contributed by atoms with E-state index in [0.29, 0.717) is 29.8 Å². The third kappa shape index (κ3) is 6.38. The lowest BCUT2D eigenvalue weighted by Gasteiger charge is -2.28. The zero-order valence-corrected chi connectivity index (χ0v) is 19.4. The minimum absolute atomic E-state index is 0.0163. The molecule has 1 aliphatic rings. The van der Waals surface area contributed by atoms with Crippen LogP contribution >= 0.6 is 11.3 Å². The van der Waals surface area contributed by atoms with Gasteiger partial charge in [-0.25, -0.2) is 0 Å². The normalized spacial score (nSPS) is 17.8. The average Bonchev–Trinajstić information content (AvgIpc) is 3.27. The quantitative estimate of drug-likeness (QED) is 0.460. The lowest BCUT2D eigenvalue weighted by Crippen LogP contribution is -2.30. The molecule has 0 aliphatic heterocycles. The molecule has 1 heterocycles. The number of carbonyl (C=O) groups excluding carboxylic acids is 2. The van der Waals surface area contributed by atoms with E-state index in [4.69, 9.17) is 4.74 Å². The molecule has 1 amide bonds. The van der Waals surface area contributed by atoms with E-state index in [1.165, 1.54) is 11.3 Å². The molecule has 1 saturated carbocycles. The van der Waals surface area contributed by atoms with Crippen molar-refractivity contribution in [1.29, 1.82) is 0 Å². The van der Waals surface area contributed by atoms with Crippen LogP contribution in [0.25, 0.3) is 0 Å². The predicted octanol–water partition coefficient (Wildman–Crippen LogP) is 4.92. The van der Waals surface area contributed by atoms with Gasteiger partial charge in [0.15, 0.2) is 0 Å². The van der Waals surface area contributed by atoms with Gasteiger partial charge in [0.25, 0.3) is 5.91 Å². The lowest BCUT2D eigenvalue weighted by atomic mass is 9.86. The van der Waals surface area contributed by atoms with E-state index in [2.05, 4.69) is 20.8 Å². The van der Waals surface area contributed by atoms with Crippen molar-refractivity contribution in [3.05, 3.63) is 70.7 Å². The van der Waals surface area contributed by atoms with E-state index in [9.17, 15) is 9.59 Å². The predicted molar refractivity (Wildman–Crippen MR) is 130 cm³/mol. The molecule has 1 aromatic heterocycles. The molecular weight excluding hydrogens is 436 g/mol. The summed E-state index contributed by atoms with van der Waals surface area (Å²) in [5.74, 6) is -0.268. The summed E-state index contributed by atoms with van der Waals surface area (Å²) in [5, 5.41) is 16.0. The van der Waals surface area contributed by atoms with Crippen LogP contribution < -0.4 is 10.6 Å². The second-order valence-electron chi connectivity index (χ2n) is 8.14. The van der Waals surface area contributed by atoms with E-state index in [-0.39, 0.29) is 17.8 Å². The first-order chi connectivity index (χ1) is 16.1. The van der Waals surface area contributed by atoms with Gasteiger partial charge >= 0.3 is 5.97 Å². The van der Waals surface area contributed by atoms with Gasteiger partial charge in [-0.1, -0.05) is 41.7 Å². The highest BCUT2D eigenvalue weighted by Gasteiger charge is 2.27. The molecule has 2 N–H and O–H groups in total. The number of hydrogen-bond acceptors (Lipinski definition) is 7. The van der Waals surface area contributed by atoms with Crippen molar-refractivity contribution < 1.29 is 14.3 Å². The van der Waals surface area contributed by atoms with Crippen LogP contribution in [-0.4, -0.2) is 34.7 Å². The number of anilines is 2. The Balaban J connectivity index is 1.26. The Morgan fingerprint density at radius 3 is 2.42 bits per heavy atom. The molecule has 172 valence electrons. The first kappa shape index (κ1) is 22.9. The van der Waals surface area contributed by atoms with Gasteiger partial charge in [-0.3, -0.25) is 14.9 Å². The van der Waals surface area contributed by atoms with E-state index < -0.39 is 0 Å². The number of esters is 1. The van der Waals surface area contributed by atoms with Gasteiger partial charge < -0.3 is 10.1 Å². The van der Waals surface area contributed by atoms with Crippen LogP contribution in [0.1, 0.15) is 53.5 Å². The van der Waals surface area contributed by atoms with Crippen molar-refractivity contribution in [2.75, 3.05) is 17.2 Å². The van der Waals surface area contributed by atoms with E-state index in [1.807, 2.05) is 49.4 Å². The summed E-state index contributed by atoms with van der Waals surface area (Å²) in [4.78, 5) is 24.5. The fraction of sp³-hybridized carbons (Fsp3) is 0.360. The van der Waals surface area contributed by atoms with E-state index in [1.54, 1.807) is 12.1 Å². The monoisotopic (exact) mass is 464 g/mol. The molecule has 3 aromatic rings. The number of hydrogen-bond donors (Lipinski definition) is 2. The first-order valence-corrected chi connectivity index (χ1v) is 12.1. The summed E-state index contributed by atoms with van der Waals surface area (Å²) in [6, 6.07) is 17.8. The van der Waals surface area contributed by atoms with Gasteiger partial charge in [0.2, 0.25) is 5.13 Å². The summed E-state index contributed by atoms with van der Waals surface area (Å²) in [7, 11) is 0. The summed E-state index contributed by atoms with van der Waals surface area (Å²) >= 11 is 1.38. The van der Waals surface area contributed by atoms with Crippen LogP contribution in [0.3, 0.4) is 0 Å². The Kier molecular flexibility index (Phi) is 7.67. The Bertz CT molecular complexity index is 1060. The molecule has 8 heteroatoms. The van der Waals surface area contributed by atoms with Gasteiger partial charge in [-0.2, -0.15) is 0 Å². The third-order valence-corrected chi connectivity index (χ3v) is 6.59. The van der Waals surface area contributed by atoms with Crippen molar-refractivity contribution in [3.63, 3.8) is 0 Å². The number of ether oxygens (including phenoxy) is 1. The molecular formula is C25H28N4O3S. The number of nitrogens with one attached hydrogen (secondary N) is 2. The van der Waals surface area contributed by atoms with Gasteiger partial charge in [-0.15, -0.1) is 10.2 Å². The molecule has 7 nitrogen and oxygen atoms in total. The first-order valence-electron chi connectivity index (χ1n) is 11.3. The number of carbonyl (C=O) groups is 2.